The number of hydrogen-bond donors (Lipinski definition) is 1. The molecule has 1 N–H and O–H groups in total. The van der Waals surface area contributed by atoms with Gasteiger partial charge in [0.1, 0.15) is 0 Å². The van der Waals surface area contributed by atoms with E-state index in [1.54, 1.807) is 0 Å². The van der Waals surface area contributed by atoms with Crippen molar-refractivity contribution < 1.29 is 4.74 Å². The Kier molecular flexibility index (Phi) is 5.07. The second-order valence-electron chi connectivity index (χ2n) is 5.12. The maximum Gasteiger partial charge on any atom is 0.243 e. The van der Waals surface area contributed by atoms with Gasteiger partial charge in [-0.1, -0.05) is 13.8 Å². The van der Waals surface area contributed by atoms with Crippen molar-refractivity contribution in [3.05, 3.63) is 11.4 Å². The molecule has 0 radical (unpaired) electrons. The number of anilines is 1. The van der Waals surface area contributed by atoms with E-state index in [-0.39, 0.29) is 0 Å². The van der Waals surface area contributed by atoms with Gasteiger partial charge in [0.15, 0.2) is 0 Å². The van der Waals surface area contributed by atoms with Gasteiger partial charge in [-0.05, 0) is 38.5 Å². The van der Waals surface area contributed by atoms with Crippen LogP contribution in [0.15, 0.2) is 0 Å². The number of nitrogens with one attached hydrogen (secondary N) is 1. The van der Waals surface area contributed by atoms with Crippen molar-refractivity contribution in [1.82, 2.24) is 15.2 Å². The molecular formula is C14H24N4O. The smallest absolute Gasteiger partial charge is 0.243 e. The first-order valence-corrected chi connectivity index (χ1v) is 7.31. The molecule has 1 aromatic rings. The predicted molar refractivity (Wildman–Crippen MR) is 75.2 cm³/mol. The van der Waals surface area contributed by atoms with Gasteiger partial charge in [0.05, 0.1) is 11.4 Å². The third-order valence-corrected chi connectivity index (χ3v) is 3.84. The standard InChI is InChI=1S/C14H24N4O/c1-4-12-13(5-2)17-18-14(16-12)15-10(3)11-6-8-19-9-7-11/h10-11H,4-9H2,1-3H3,(H,15,16,18). The predicted octanol–water partition coefficient (Wildman–Crippen LogP) is 2.22. The van der Waals surface area contributed by atoms with Crippen LogP contribution in [0.4, 0.5) is 5.95 Å². The molecule has 5 nitrogen and oxygen atoms in total. The Bertz CT molecular complexity index is 404. The van der Waals surface area contributed by atoms with Crippen molar-refractivity contribution >= 4 is 5.95 Å². The monoisotopic (exact) mass is 264 g/mol. The fourth-order valence-electron chi connectivity index (χ4n) is 2.54. The molecule has 2 heterocycles. The summed E-state index contributed by atoms with van der Waals surface area (Å²) in [6.07, 6.45) is 4.00. The molecule has 1 saturated heterocycles. The number of ether oxygens (including phenoxy) is 1. The van der Waals surface area contributed by atoms with Gasteiger partial charge in [-0.3, -0.25) is 0 Å². The quantitative estimate of drug-likeness (QED) is 0.883. The lowest BCUT2D eigenvalue weighted by atomic mass is 9.93. The van der Waals surface area contributed by atoms with E-state index >= 15 is 0 Å². The van der Waals surface area contributed by atoms with Gasteiger partial charge in [0.25, 0.3) is 0 Å². The van der Waals surface area contributed by atoms with E-state index in [4.69, 9.17) is 4.74 Å². The molecular weight excluding hydrogens is 240 g/mol. The van der Waals surface area contributed by atoms with Gasteiger partial charge in [0, 0.05) is 19.3 Å². The van der Waals surface area contributed by atoms with Crippen LogP contribution in [-0.2, 0) is 17.6 Å². The lowest BCUT2D eigenvalue weighted by molar-refractivity contribution is 0.0621. The van der Waals surface area contributed by atoms with Crippen LogP contribution in [0.25, 0.3) is 0 Å². The van der Waals surface area contributed by atoms with Crippen LogP contribution in [-0.4, -0.2) is 34.4 Å². The average molecular weight is 264 g/mol. The molecule has 1 fully saturated rings. The topological polar surface area (TPSA) is 59.9 Å². The molecule has 5 heteroatoms. The van der Waals surface area contributed by atoms with Crippen LogP contribution in [0.3, 0.4) is 0 Å². The summed E-state index contributed by atoms with van der Waals surface area (Å²) in [5, 5.41) is 11.9. The first-order valence-electron chi connectivity index (χ1n) is 7.31. The summed E-state index contributed by atoms with van der Waals surface area (Å²) in [6, 6.07) is 0.364. The van der Waals surface area contributed by atoms with Gasteiger partial charge in [-0.2, -0.15) is 5.10 Å². The van der Waals surface area contributed by atoms with E-state index in [1.807, 2.05) is 0 Å². The first-order chi connectivity index (χ1) is 9.24. The van der Waals surface area contributed by atoms with Gasteiger partial charge < -0.3 is 10.1 Å². The molecule has 0 aromatic carbocycles. The Labute approximate surface area is 115 Å². The fourth-order valence-corrected chi connectivity index (χ4v) is 2.54. The average Bonchev–Trinajstić information content (AvgIpc) is 2.48. The fraction of sp³-hybridized carbons (Fsp3) is 0.786. The second kappa shape index (κ2) is 6.80. The Morgan fingerprint density at radius 2 is 1.84 bits per heavy atom. The molecule has 2 rings (SSSR count). The number of nitrogens with zero attached hydrogens (tertiary/aromatic N) is 3. The molecule has 0 amide bonds. The van der Waals surface area contributed by atoms with E-state index in [0.717, 1.165) is 50.3 Å². The highest BCUT2D eigenvalue weighted by Crippen LogP contribution is 2.20. The summed E-state index contributed by atoms with van der Waals surface area (Å²) in [6.45, 7) is 8.12. The summed E-state index contributed by atoms with van der Waals surface area (Å²) < 4.78 is 5.40. The molecule has 0 aliphatic carbocycles. The van der Waals surface area contributed by atoms with E-state index in [0.29, 0.717) is 17.9 Å². The minimum Gasteiger partial charge on any atom is -0.381 e. The highest BCUT2D eigenvalue weighted by atomic mass is 16.5. The number of aromatic nitrogens is 3. The van der Waals surface area contributed by atoms with Gasteiger partial charge in [-0.15, -0.1) is 5.10 Å². The van der Waals surface area contributed by atoms with E-state index < -0.39 is 0 Å². The molecule has 1 aliphatic rings. The molecule has 19 heavy (non-hydrogen) atoms. The summed E-state index contributed by atoms with van der Waals surface area (Å²) in [5.74, 6) is 1.29. The molecule has 1 aromatic heterocycles. The maximum absolute atomic E-state index is 5.40. The van der Waals surface area contributed by atoms with Crippen molar-refractivity contribution in [3.8, 4) is 0 Å². The lowest BCUT2D eigenvalue weighted by Crippen LogP contribution is -2.31. The Morgan fingerprint density at radius 3 is 2.47 bits per heavy atom. The second-order valence-corrected chi connectivity index (χ2v) is 5.12. The third kappa shape index (κ3) is 3.62. The van der Waals surface area contributed by atoms with Gasteiger partial charge >= 0.3 is 0 Å². The zero-order valence-electron chi connectivity index (χ0n) is 12.1. The highest BCUT2D eigenvalue weighted by molar-refractivity contribution is 5.27. The van der Waals surface area contributed by atoms with E-state index in [1.165, 1.54) is 0 Å². The van der Waals surface area contributed by atoms with Crippen molar-refractivity contribution in [1.29, 1.82) is 0 Å². The Morgan fingerprint density at radius 1 is 1.16 bits per heavy atom. The van der Waals surface area contributed by atoms with Gasteiger partial charge in [-0.25, -0.2) is 4.98 Å². The zero-order valence-corrected chi connectivity index (χ0v) is 12.1. The molecule has 0 saturated carbocycles. The summed E-state index contributed by atoms with van der Waals surface area (Å²) in [4.78, 5) is 4.58. The highest BCUT2D eigenvalue weighted by Gasteiger charge is 2.21. The van der Waals surface area contributed by atoms with Crippen LogP contribution in [0.5, 0.6) is 0 Å². The molecule has 1 unspecified atom stereocenters. The SMILES string of the molecule is CCc1nnc(NC(C)C2CCOCC2)nc1CC. The normalized spacial score (nSPS) is 18.3. The summed E-state index contributed by atoms with van der Waals surface area (Å²) in [7, 11) is 0. The first kappa shape index (κ1) is 14.2. The summed E-state index contributed by atoms with van der Waals surface area (Å²) >= 11 is 0. The van der Waals surface area contributed by atoms with Crippen LogP contribution in [0, 0.1) is 5.92 Å². The molecule has 106 valence electrons. The molecule has 0 spiro atoms. The van der Waals surface area contributed by atoms with Crippen LogP contribution >= 0.6 is 0 Å². The minimum atomic E-state index is 0.364. The van der Waals surface area contributed by atoms with E-state index in [2.05, 4.69) is 41.3 Å². The summed E-state index contributed by atoms with van der Waals surface area (Å²) in [5.41, 5.74) is 2.06. The minimum absolute atomic E-state index is 0.364. The van der Waals surface area contributed by atoms with Crippen molar-refractivity contribution in [2.24, 2.45) is 5.92 Å². The van der Waals surface area contributed by atoms with Gasteiger partial charge in [0.2, 0.25) is 5.95 Å². The maximum atomic E-state index is 5.40. The zero-order chi connectivity index (χ0) is 13.7. The molecule has 1 aliphatic heterocycles. The molecule has 0 bridgehead atoms. The number of rotatable bonds is 5. The Balaban J connectivity index is 2.01. The largest absolute Gasteiger partial charge is 0.381 e. The number of aryl methyl sites for hydroxylation is 2. The van der Waals surface area contributed by atoms with E-state index in [9.17, 15) is 0 Å². The number of hydrogen-bond acceptors (Lipinski definition) is 5. The van der Waals surface area contributed by atoms with Crippen LogP contribution in [0.2, 0.25) is 0 Å². The Hall–Kier alpha value is -1.23. The lowest BCUT2D eigenvalue weighted by Gasteiger charge is -2.28. The van der Waals surface area contributed by atoms with Crippen LogP contribution < -0.4 is 5.32 Å². The van der Waals surface area contributed by atoms with Crippen LogP contribution in [0.1, 0.15) is 45.0 Å². The van der Waals surface area contributed by atoms with Crippen molar-refractivity contribution in [3.63, 3.8) is 0 Å². The van der Waals surface area contributed by atoms with Crippen molar-refractivity contribution in [2.45, 2.75) is 52.5 Å². The van der Waals surface area contributed by atoms with Crippen molar-refractivity contribution in [2.75, 3.05) is 18.5 Å². The third-order valence-electron chi connectivity index (χ3n) is 3.84. The molecule has 1 atom stereocenters.